The predicted molar refractivity (Wildman–Crippen MR) is 93.4 cm³/mol. The van der Waals surface area contributed by atoms with E-state index in [0.29, 0.717) is 0 Å². The Hall–Kier alpha value is -2.20. The minimum atomic E-state index is 0.933. The lowest BCUT2D eigenvalue weighted by atomic mass is 10.1. The Morgan fingerprint density at radius 3 is 3.04 bits per heavy atom. The minimum Gasteiger partial charge on any atom is -0.398 e. The Kier molecular flexibility index (Phi) is 2.82. The van der Waals surface area contributed by atoms with Gasteiger partial charge in [0.05, 0.1) is 23.3 Å². The fourth-order valence-corrected chi connectivity index (χ4v) is 4.50. The Labute approximate surface area is 139 Å². The molecule has 0 bridgehead atoms. The van der Waals surface area contributed by atoms with Gasteiger partial charge >= 0.3 is 5.89 Å². The number of aryl methyl sites for hydroxylation is 1. The van der Waals surface area contributed by atoms with Crippen LogP contribution in [0.1, 0.15) is 18.4 Å². The molecule has 114 valence electrons. The fourth-order valence-electron chi connectivity index (χ4n) is 3.40. The van der Waals surface area contributed by atoms with Crippen LogP contribution in [0.5, 0.6) is 0 Å². The first-order valence-electron chi connectivity index (χ1n) is 8.05. The normalized spacial score (nSPS) is 15.9. The van der Waals surface area contributed by atoms with Crippen LogP contribution in [0.4, 0.5) is 5.69 Å². The van der Waals surface area contributed by atoms with Gasteiger partial charge in [-0.2, -0.15) is 4.57 Å². The number of anilines is 1. The third-order valence-electron chi connectivity index (χ3n) is 4.63. The zero-order valence-electron chi connectivity index (χ0n) is 13.0. The number of hydrogen-bond acceptors (Lipinski definition) is 3. The van der Waals surface area contributed by atoms with E-state index in [0.717, 1.165) is 31.0 Å². The molecule has 0 spiro atoms. The smallest absolute Gasteiger partial charge is 0.376 e. The summed E-state index contributed by atoms with van der Waals surface area (Å²) < 4.78 is 8.35. The summed E-state index contributed by atoms with van der Waals surface area (Å²) in [6.07, 6.45) is 3.26. The van der Waals surface area contributed by atoms with Crippen LogP contribution in [-0.4, -0.2) is 6.54 Å². The molecule has 0 unspecified atom stereocenters. The summed E-state index contributed by atoms with van der Waals surface area (Å²) in [6, 6.07) is 15.1. The number of rotatable bonds is 1. The van der Waals surface area contributed by atoms with Crippen molar-refractivity contribution in [3.8, 4) is 0 Å². The fraction of sp³-hybridized carbons (Fsp3) is 0.211. The highest BCUT2D eigenvalue weighted by Crippen LogP contribution is 2.47. The molecule has 4 heteroatoms. The van der Waals surface area contributed by atoms with E-state index in [2.05, 4.69) is 52.8 Å². The first kappa shape index (κ1) is 13.3. The van der Waals surface area contributed by atoms with Gasteiger partial charge in [-0.1, -0.05) is 36.9 Å². The number of fused-ring (bicyclic) bond motifs is 6. The molecular weight excluding hydrogens is 304 g/mol. The summed E-state index contributed by atoms with van der Waals surface area (Å²) in [5.41, 5.74) is 4.87. The van der Waals surface area contributed by atoms with Crippen molar-refractivity contribution in [1.29, 1.82) is 0 Å². The maximum Gasteiger partial charge on any atom is 0.376 e. The second kappa shape index (κ2) is 4.90. The van der Waals surface area contributed by atoms with Gasteiger partial charge in [-0.3, -0.25) is 0 Å². The molecule has 2 aliphatic rings. The van der Waals surface area contributed by atoms with Gasteiger partial charge in [0.25, 0.3) is 5.52 Å². The third-order valence-corrected chi connectivity index (χ3v) is 5.75. The molecule has 2 aromatic carbocycles. The lowest BCUT2D eigenvalue weighted by Crippen LogP contribution is -2.39. The van der Waals surface area contributed by atoms with Crippen LogP contribution in [0.2, 0.25) is 0 Å². The largest absolute Gasteiger partial charge is 0.398 e. The highest BCUT2D eigenvalue weighted by Gasteiger charge is 2.32. The summed E-state index contributed by atoms with van der Waals surface area (Å²) in [5, 5.41) is 1.26. The Bertz CT molecular complexity index is 957. The van der Waals surface area contributed by atoms with E-state index in [1.54, 1.807) is 0 Å². The van der Waals surface area contributed by atoms with Crippen molar-refractivity contribution >= 4 is 34.6 Å². The molecule has 0 radical (unpaired) electrons. The van der Waals surface area contributed by atoms with Crippen LogP contribution < -0.4 is 9.47 Å². The van der Waals surface area contributed by atoms with Gasteiger partial charge in [-0.05, 0) is 30.2 Å². The van der Waals surface area contributed by atoms with Crippen LogP contribution in [0.3, 0.4) is 0 Å². The molecule has 3 nitrogen and oxygen atoms in total. The van der Waals surface area contributed by atoms with Gasteiger partial charge in [0, 0.05) is 11.0 Å². The Morgan fingerprint density at radius 1 is 1.22 bits per heavy atom. The number of hydrogen-bond donors (Lipinski definition) is 0. The molecule has 0 saturated carbocycles. The monoisotopic (exact) mass is 321 g/mol. The molecule has 0 atom stereocenters. The van der Waals surface area contributed by atoms with Crippen LogP contribution in [0.25, 0.3) is 17.2 Å². The van der Waals surface area contributed by atoms with Crippen molar-refractivity contribution in [2.45, 2.75) is 24.8 Å². The van der Waals surface area contributed by atoms with Crippen LogP contribution in [0.15, 0.2) is 56.8 Å². The van der Waals surface area contributed by atoms with E-state index in [-0.39, 0.29) is 0 Å². The van der Waals surface area contributed by atoms with Crippen molar-refractivity contribution in [2.75, 3.05) is 11.4 Å². The maximum atomic E-state index is 6.07. The van der Waals surface area contributed by atoms with E-state index in [1.165, 1.54) is 26.7 Å². The molecule has 2 aliphatic heterocycles. The van der Waals surface area contributed by atoms with Gasteiger partial charge < -0.3 is 9.32 Å². The molecule has 0 N–H and O–H groups in total. The number of benzene rings is 2. The number of para-hydroxylation sites is 2. The molecule has 0 fully saturated rings. The van der Waals surface area contributed by atoms with Gasteiger partial charge in [-0.25, -0.2) is 0 Å². The number of nitrogens with zero attached hydrogens (tertiary/aromatic N) is 2. The second-order valence-electron chi connectivity index (χ2n) is 5.95. The Balaban J connectivity index is 1.64. The molecule has 0 amide bonds. The molecular formula is C19H17N2OS+. The van der Waals surface area contributed by atoms with Crippen LogP contribution >= 0.6 is 11.8 Å². The summed E-state index contributed by atoms with van der Waals surface area (Å²) in [4.78, 5) is 3.77. The topological polar surface area (TPSA) is 20.3 Å². The molecule has 3 aromatic rings. The molecule has 3 heterocycles. The van der Waals surface area contributed by atoms with Gasteiger partial charge in [-0.15, -0.1) is 0 Å². The lowest BCUT2D eigenvalue weighted by molar-refractivity contribution is -0.674. The summed E-state index contributed by atoms with van der Waals surface area (Å²) in [7, 11) is 0. The quantitative estimate of drug-likeness (QED) is 0.626. The van der Waals surface area contributed by atoms with Crippen molar-refractivity contribution < 1.29 is 8.98 Å². The third kappa shape index (κ3) is 1.94. The zero-order valence-corrected chi connectivity index (χ0v) is 13.8. The first-order chi connectivity index (χ1) is 11.3. The second-order valence-corrected chi connectivity index (χ2v) is 7.01. The van der Waals surface area contributed by atoms with Crippen LogP contribution in [0, 0.1) is 0 Å². The summed E-state index contributed by atoms with van der Waals surface area (Å²) >= 11 is 1.84. The average molecular weight is 321 g/mol. The van der Waals surface area contributed by atoms with Gasteiger partial charge in [0.1, 0.15) is 0 Å². The van der Waals surface area contributed by atoms with E-state index in [1.807, 2.05) is 23.9 Å². The molecule has 0 saturated heterocycles. The number of thioether (sulfide) groups is 1. The SMILES string of the molecule is CCc1ccc2c(c1)N1CC[n+]3c(oc4ccccc43)C=C1S2. The first-order valence-corrected chi connectivity index (χ1v) is 8.86. The standard InChI is InChI=1S/C19H17N2OS/c1-2-13-7-8-17-15(11-13)21-10-9-20-14-5-3-4-6-16(14)22-18(20)12-19(21)23-17/h3-8,11-12H,2,9-10H2,1H3/q+1. The van der Waals surface area contributed by atoms with Crippen LogP contribution in [-0.2, 0) is 13.0 Å². The van der Waals surface area contributed by atoms with E-state index in [4.69, 9.17) is 4.42 Å². The molecule has 23 heavy (non-hydrogen) atoms. The van der Waals surface area contributed by atoms with Crippen molar-refractivity contribution in [1.82, 2.24) is 0 Å². The van der Waals surface area contributed by atoms with E-state index < -0.39 is 0 Å². The van der Waals surface area contributed by atoms with E-state index >= 15 is 0 Å². The highest BCUT2D eigenvalue weighted by molar-refractivity contribution is 8.03. The number of aromatic nitrogens is 1. The van der Waals surface area contributed by atoms with Gasteiger partial charge in [0.2, 0.25) is 5.58 Å². The maximum absolute atomic E-state index is 6.07. The number of oxazole rings is 1. The molecule has 0 aliphatic carbocycles. The highest BCUT2D eigenvalue weighted by atomic mass is 32.2. The van der Waals surface area contributed by atoms with Crippen molar-refractivity contribution in [3.05, 3.63) is 58.9 Å². The van der Waals surface area contributed by atoms with Gasteiger partial charge in [0.15, 0.2) is 6.54 Å². The molecule has 5 rings (SSSR count). The summed E-state index contributed by atoms with van der Waals surface area (Å²) in [5.74, 6) is 0.944. The van der Waals surface area contributed by atoms with E-state index in [9.17, 15) is 0 Å². The summed E-state index contributed by atoms with van der Waals surface area (Å²) in [6.45, 7) is 4.11. The predicted octanol–water partition coefficient (Wildman–Crippen LogP) is 4.21. The lowest BCUT2D eigenvalue weighted by Gasteiger charge is -2.17. The molecule has 1 aromatic heterocycles. The van der Waals surface area contributed by atoms with Crippen molar-refractivity contribution in [2.24, 2.45) is 0 Å². The zero-order chi connectivity index (χ0) is 15.4. The Morgan fingerprint density at radius 2 is 2.13 bits per heavy atom. The van der Waals surface area contributed by atoms with Crippen molar-refractivity contribution in [3.63, 3.8) is 0 Å². The average Bonchev–Trinajstić information content (AvgIpc) is 3.04. The minimum absolute atomic E-state index is 0.933.